The number of anilines is 1. The second-order valence-electron chi connectivity index (χ2n) is 6.93. The molecule has 9 heteroatoms. The molecule has 0 aliphatic carbocycles. The lowest BCUT2D eigenvalue weighted by Crippen LogP contribution is -2.36. The Morgan fingerprint density at radius 1 is 1.23 bits per heavy atom. The number of aryl methyl sites for hydroxylation is 1. The standard InChI is InChI=1S/C21H20N4O4S/c1-14-10-15(2-4-18(14)24-6-8-29-9-7-24)13-22-23-21(26)20-12-16-11-17(25(27)28)3-5-19(16)30-20/h2-5,10-13H,6-9H2,1H3,(H,23,26)/b22-13-. The summed E-state index contributed by atoms with van der Waals surface area (Å²) in [5.41, 5.74) is 5.73. The third kappa shape index (κ3) is 4.32. The Kier molecular flexibility index (Phi) is 5.73. The van der Waals surface area contributed by atoms with E-state index in [0.717, 1.165) is 42.1 Å². The first-order valence-corrected chi connectivity index (χ1v) is 10.3. The number of rotatable bonds is 5. The Labute approximate surface area is 176 Å². The van der Waals surface area contributed by atoms with Crippen molar-refractivity contribution in [1.29, 1.82) is 0 Å². The van der Waals surface area contributed by atoms with Crippen molar-refractivity contribution in [2.24, 2.45) is 5.10 Å². The molecule has 8 nitrogen and oxygen atoms in total. The van der Waals surface area contributed by atoms with Gasteiger partial charge in [-0.1, -0.05) is 6.07 Å². The Hall–Kier alpha value is -3.30. The molecule has 0 radical (unpaired) electrons. The molecule has 1 N–H and O–H groups in total. The molecular weight excluding hydrogens is 404 g/mol. The monoisotopic (exact) mass is 424 g/mol. The highest BCUT2D eigenvalue weighted by atomic mass is 32.1. The van der Waals surface area contributed by atoms with Crippen LogP contribution in [0.25, 0.3) is 10.1 Å². The summed E-state index contributed by atoms with van der Waals surface area (Å²) in [5, 5.41) is 15.6. The minimum atomic E-state index is -0.451. The number of non-ortho nitro benzene ring substituents is 1. The quantitative estimate of drug-likeness (QED) is 0.382. The number of ether oxygens (including phenoxy) is 1. The largest absolute Gasteiger partial charge is 0.378 e. The van der Waals surface area contributed by atoms with E-state index in [-0.39, 0.29) is 11.6 Å². The number of hydrogen-bond donors (Lipinski definition) is 1. The van der Waals surface area contributed by atoms with Crippen molar-refractivity contribution in [3.05, 3.63) is 68.6 Å². The molecule has 1 aliphatic heterocycles. The number of nitro groups is 1. The normalized spacial score (nSPS) is 14.4. The zero-order valence-corrected chi connectivity index (χ0v) is 17.1. The molecule has 4 rings (SSSR count). The fourth-order valence-electron chi connectivity index (χ4n) is 3.39. The molecular formula is C21H20N4O4S. The Balaban J connectivity index is 1.42. The maximum Gasteiger partial charge on any atom is 0.281 e. The van der Waals surface area contributed by atoms with E-state index in [9.17, 15) is 14.9 Å². The van der Waals surface area contributed by atoms with E-state index in [1.807, 2.05) is 12.1 Å². The number of hydrogen-bond acceptors (Lipinski definition) is 7. The summed E-state index contributed by atoms with van der Waals surface area (Å²) in [6.07, 6.45) is 1.60. The zero-order valence-electron chi connectivity index (χ0n) is 16.3. The van der Waals surface area contributed by atoms with Crippen molar-refractivity contribution in [1.82, 2.24) is 5.43 Å². The van der Waals surface area contributed by atoms with Gasteiger partial charge in [0.15, 0.2) is 0 Å². The number of nitro benzene ring substituents is 1. The highest BCUT2D eigenvalue weighted by molar-refractivity contribution is 7.20. The van der Waals surface area contributed by atoms with Crippen molar-refractivity contribution in [2.45, 2.75) is 6.92 Å². The molecule has 1 aliphatic rings. The van der Waals surface area contributed by atoms with Crippen LogP contribution >= 0.6 is 11.3 Å². The Bertz CT molecular complexity index is 1140. The second kappa shape index (κ2) is 8.60. The molecule has 154 valence electrons. The number of hydrazone groups is 1. The molecule has 0 saturated carbocycles. The molecule has 0 atom stereocenters. The molecule has 1 aromatic heterocycles. The third-order valence-electron chi connectivity index (χ3n) is 4.89. The van der Waals surface area contributed by atoms with Gasteiger partial charge in [0.2, 0.25) is 0 Å². The van der Waals surface area contributed by atoms with Gasteiger partial charge in [0.25, 0.3) is 11.6 Å². The summed E-state index contributed by atoms with van der Waals surface area (Å²) in [6.45, 7) is 5.28. The lowest BCUT2D eigenvalue weighted by atomic mass is 10.1. The zero-order chi connectivity index (χ0) is 21.1. The molecule has 2 aromatic carbocycles. The molecule has 1 saturated heterocycles. The minimum absolute atomic E-state index is 0.00109. The first-order valence-electron chi connectivity index (χ1n) is 9.46. The van der Waals surface area contributed by atoms with E-state index in [1.54, 1.807) is 18.3 Å². The fourth-order valence-corrected chi connectivity index (χ4v) is 4.33. The van der Waals surface area contributed by atoms with Gasteiger partial charge in [0.05, 0.1) is 29.2 Å². The number of nitrogens with one attached hydrogen (secondary N) is 1. The van der Waals surface area contributed by atoms with Crippen molar-refractivity contribution in [3.8, 4) is 0 Å². The molecule has 0 unspecified atom stereocenters. The lowest BCUT2D eigenvalue weighted by molar-refractivity contribution is -0.384. The summed E-state index contributed by atoms with van der Waals surface area (Å²) in [5.74, 6) is -0.350. The van der Waals surface area contributed by atoms with Gasteiger partial charge in [-0.3, -0.25) is 14.9 Å². The van der Waals surface area contributed by atoms with Crippen LogP contribution in [0.1, 0.15) is 20.8 Å². The van der Waals surface area contributed by atoms with Crippen molar-refractivity contribution < 1.29 is 14.5 Å². The van der Waals surface area contributed by atoms with Crippen molar-refractivity contribution >= 4 is 44.9 Å². The number of fused-ring (bicyclic) bond motifs is 1. The van der Waals surface area contributed by atoms with E-state index in [0.29, 0.717) is 10.3 Å². The molecule has 1 fully saturated rings. The summed E-state index contributed by atoms with van der Waals surface area (Å²) >= 11 is 1.27. The molecule has 30 heavy (non-hydrogen) atoms. The second-order valence-corrected chi connectivity index (χ2v) is 8.02. The molecule has 1 amide bonds. The number of benzene rings is 2. The fraction of sp³-hybridized carbons (Fsp3) is 0.238. The predicted molar refractivity (Wildman–Crippen MR) is 118 cm³/mol. The summed E-state index contributed by atoms with van der Waals surface area (Å²) in [6, 6.07) is 12.2. The van der Waals surface area contributed by atoms with E-state index < -0.39 is 4.92 Å². The van der Waals surface area contributed by atoms with Gasteiger partial charge in [-0.25, -0.2) is 5.43 Å². The van der Waals surface area contributed by atoms with Gasteiger partial charge in [-0.2, -0.15) is 5.10 Å². The number of carbonyl (C=O) groups excluding carboxylic acids is 1. The Morgan fingerprint density at radius 2 is 2.03 bits per heavy atom. The van der Waals surface area contributed by atoms with Crippen LogP contribution in [0.5, 0.6) is 0 Å². The van der Waals surface area contributed by atoms with Crippen LogP contribution in [0.3, 0.4) is 0 Å². The van der Waals surface area contributed by atoms with Gasteiger partial charge < -0.3 is 9.64 Å². The van der Waals surface area contributed by atoms with E-state index in [2.05, 4.69) is 28.4 Å². The van der Waals surface area contributed by atoms with Gasteiger partial charge >= 0.3 is 0 Å². The predicted octanol–water partition coefficient (Wildman–Crippen LogP) is 3.72. The van der Waals surface area contributed by atoms with Crippen LogP contribution in [0.4, 0.5) is 11.4 Å². The lowest BCUT2D eigenvalue weighted by Gasteiger charge is -2.30. The first kappa shape index (κ1) is 20.0. The van der Waals surface area contributed by atoms with E-state index in [1.165, 1.54) is 29.2 Å². The van der Waals surface area contributed by atoms with Crippen LogP contribution in [-0.2, 0) is 4.74 Å². The van der Waals surface area contributed by atoms with E-state index in [4.69, 9.17) is 4.74 Å². The maximum atomic E-state index is 12.4. The highest BCUT2D eigenvalue weighted by Crippen LogP contribution is 2.29. The summed E-state index contributed by atoms with van der Waals surface area (Å²) < 4.78 is 6.21. The van der Waals surface area contributed by atoms with Crippen LogP contribution < -0.4 is 10.3 Å². The van der Waals surface area contributed by atoms with Gasteiger partial charge in [-0.15, -0.1) is 11.3 Å². The number of nitrogens with zero attached hydrogens (tertiary/aromatic N) is 3. The number of amides is 1. The van der Waals surface area contributed by atoms with Gasteiger partial charge in [-0.05, 0) is 42.3 Å². The average Bonchev–Trinajstić information content (AvgIpc) is 3.18. The minimum Gasteiger partial charge on any atom is -0.378 e. The van der Waals surface area contributed by atoms with Crippen LogP contribution in [-0.4, -0.2) is 43.3 Å². The maximum absolute atomic E-state index is 12.4. The van der Waals surface area contributed by atoms with Gasteiger partial charge in [0.1, 0.15) is 0 Å². The van der Waals surface area contributed by atoms with Crippen molar-refractivity contribution in [2.75, 3.05) is 31.2 Å². The number of morpholine rings is 1. The van der Waals surface area contributed by atoms with E-state index >= 15 is 0 Å². The summed E-state index contributed by atoms with van der Waals surface area (Å²) in [4.78, 5) is 25.6. The first-order chi connectivity index (χ1) is 14.5. The molecule has 0 bridgehead atoms. The van der Waals surface area contributed by atoms with Crippen LogP contribution in [0.2, 0.25) is 0 Å². The molecule has 0 spiro atoms. The number of carbonyl (C=O) groups is 1. The summed E-state index contributed by atoms with van der Waals surface area (Å²) in [7, 11) is 0. The van der Waals surface area contributed by atoms with Crippen LogP contribution in [0, 0.1) is 17.0 Å². The average molecular weight is 424 g/mol. The van der Waals surface area contributed by atoms with Gasteiger partial charge in [0, 0.05) is 41.0 Å². The molecule has 2 heterocycles. The van der Waals surface area contributed by atoms with Crippen LogP contribution in [0.15, 0.2) is 47.6 Å². The third-order valence-corrected chi connectivity index (χ3v) is 6.00. The van der Waals surface area contributed by atoms with Crippen molar-refractivity contribution in [3.63, 3.8) is 0 Å². The smallest absolute Gasteiger partial charge is 0.281 e. The molecule has 3 aromatic rings. The SMILES string of the molecule is Cc1cc(/C=N\NC(=O)c2cc3cc([N+](=O)[O-])ccc3s2)ccc1N1CCOCC1. The number of thiophene rings is 1. The Morgan fingerprint density at radius 3 is 2.77 bits per heavy atom. The highest BCUT2D eigenvalue weighted by Gasteiger charge is 2.14. The topological polar surface area (TPSA) is 97.1 Å².